The Morgan fingerprint density at radius 2 is 1.41 bits per heavy atom. The quantitative estimate of drug-likeness (QED) is 0.124. The SMILES string of the molecule is CCCCCCCCCCCCC(=O)CCC(N)[N+](C)(C)CC(O)CS(=O)(=O)O. The summed E-state index contributed by atoms with van der Waals surface area (Å²) >= 11 is 0. The lowest BCUT2D eigenvalue weighted by Crippen LogP contribution is -2.57. The first kappa shape index (κ1) is 28.5. The molecule has 0 amide bonds. The number of rotatable bonds is 19. The lowest BCUT2D eigenvalue weighted by Gasteiger charge is -2.37. The number of carbonyl (C=O) groups is 1. The largest absolute Gasteiger partial charge is 0.386 e. The molecule has 0 rings (SSSR count). The molecule has 0 saturated carbocycles. The number of hydrogen-bond donors (Lipinski definition) is 3. The summed E-state index contributed by atoms with van der Waals surface area (Å²) < 4.78 is 30.7. The predicted octanol–water partition coefficient (Wildman–Crippen LogP) is 3.26. The molecule has 0 aliphatic carbocycles. The summed E-state index contributed by atoms with van der Waals surface area (Å²) in [5.74, 6) is -0.502. The Balaban J connectivity index is 3.86. The van der Waals surface area contributed by atoms with Gasteiger partial charge in [0, 0.05) is 19.3 Å². The van der Waals surface area contributed by atoms with E-state index in [1.54, 1.807) is 14.1 Å². The van der Waals surface area contributed by atoms with Gasteiger partial charge in [-0.1, -0.05) is 64.7 Å². The van der Waals surface area contributed by atoms with Crippen LogP contribution in [-0.2, 0) is 14.9 Å². The van der Waals surface area contributed by atoms with Crippen LogP contribution in [0.5, 0.6) is 0 Å². The van der Waals surface area contributed by atoms with Gasteiger partial charge in [-0.2, -0.15) is 8.42 Å². The van der Waals surface area contributed by atoms with Crippen molar-refractivity contribution >= 4 is 15.9 Å². The Kier molecular flexibility index (Phi) is 15.0. The monoisotopic (exact) mass is 437 g/mol. The minimum absolute atomic E-state index is 0.0909. The van der Waals surface area contributed by atoms with Crippen LogP contribution in [0.4, 0.5) is 0 Å². The summed E-state index contributed by atoms with van der Waals surface area (Å²) in [6.07, 6.45) is 12.3. The van der Waals surface area contributed by atoms with E-state index in [-0.39, 0.29) is 23.0 Å². The maximum Gasteiger partial charge on any atom is 0.267 e. The van der Waals surface area contributed by atoms with Gasteiger partial charge >= 0.3 is 0 Å². The summed E-state index contributed by atoms with van der Waals surface area (Å²) in [5.41, 5.74) is 6.16. The minimum atomic E-state index is -4.23. The number of nitrogens with two attached hydrogens (primary N) is 1. The summed E-state index contributed by atoms with van der Waals surface area (Å²) in [5, 5.41) is 9.83. The second kappa shape index (κ2) is 15.3. The van der Waals surface area contributed by atoms with Gasteiger partial charge in [0.25, 0.3) is 10.1 Å². The van der Waals surface area contributed by atoms with Crippen molar-refractivity contribution in [2.45, 2.75) is 103 Å². The molecular formula is C21H45N2O5S+. The first-order valence-electron chi connectivity index (χ1n) is 11.2. The molecule has 0 aromatic rings. The van der Waals surface area contributed by atoms with Crippen LogP contribution < -0.4 is 5.73 Å². The highest BCUT2D eigenvalue weighted by atomic mass is 32.2. The number of likely N-dealkylation sites (N-methyl/N-ethyl adjacent to an activating group) is 1. The lowest BCUT2D eigenvalue weighted by atomic mass is 10.0. The van der Waals surface area contributed by atoms with Crippen LogP contribution in [0.2, 0.25) is 0 Å². The van der Waals surface area contributed by atoms with E-state index in [4.69, 9.17) is 10.3 Å². The van der Waals surface area contributed by atoms with Gasteiger partial charge in [-0.25, -0.2) is 0 Å². The third kappa shape index (κ3) is 16.9. The molecule has 174 valence electrons. The Hall–Kier alpha value is -0.540. The molecule has 29 heavy (non-hydrogen) atoms. The fourth-order valence-corrected chi connectivity index (χ4v) is 4.16. The van der Waals surface area contributed by atoms with Crippen molar-refractivity contribution in [3.63, 3.8) is 0 Å². The summed E-state index contributed by atoms with van der Waals surface area (Å²) in [6.45, 7) is 2.32. The van der Waals surface area contributed by atoms with Crippen LogP contribution in [0.1, 0.15) is 90.4 Å². The molecule has 0 aromatic heterocycles. The number of aliphatic hydroxyl groups is 1. The van der Waals surface area contributed by atoms with E-state index in [1.807, 2.05) is 0 Å². The number of quaternary nitrogens is 1. The molecule has 0 spiro atoms. The van der Waals surface area contributed by atoms with Gasteiger partial charge in [0.05, 0.1) is 14.1 Å². The van der Waals surface area contributed by atoms with E-state index in [2.05, 4.69) is 6.92 Å². The number of unbranched alkanes of at least 4 members (excludes halogenated alkanes) is 9. The molecule has 2 atom stereocenters. The standard InChI is InChI=1S/C21H44N2O5S/c1-4-5-6-7-8-9-10-11-12-13-14-19(24)15-16-21(22)23(2,3)17-20(25)18-29(26,27)28/h20-21,25H,4-18,22H2,1-3H3/p+1. The van der Waals surface area contributed by atoms with E-state index in [0.717, 1.165) is 12.8 Å². The van der Waals surface area contributed by atoms with Gasteiger partial charge in [-0.3, -0.25) is 15.1 Å². The molecule has 4 N–H and O–H groups in total. The highest BCUT2D eigenvalue weighted by Crippen LogP contribution is 2.14. The smallest absolute Gasteiger partial charge is 0.267 e. The van der Waals surface area contributed by atoms with Gasteiger partial charge in [0.2, 0.25) is 0 Å². The summed E-state index contributed by atoms with van der Waals surface area (Å²) in [4.78, 5) is 12.1. The molecule has 2 unspecified atom stereocenters. The van der Waals surface area contributed by atoms with Crippen molar-refractivity contribution in [2.75, 3.05) is 26.4 Å². The van der Waals surface area contributed by atoms with Crippen molar-refractivity contribution < 1.29 is 27.4 Å². The summed E-state index contributed by atoms with van der Waals surface area (Å²) in [6, 6.07) is 0. The average Bonchev–Trinajstić information content (AvgIpc) is 2.58. The molecule has 0 aliphatic rings. The van der Waals surface area contributed by atoms with Crippen LogP contribution in [0.3, 0.4) is 0 Å². The zero-order valence-electron chi connectivity index (χ0n) is 18.8. The number of aliphatic hydroxyl groups excluding tert-OH is 1. The number of nitrogens with zero attached hydrogens (tertiary/aromatic N) is 1. The topological polar surface area (TPSA) is 118 Å². The summed E-state index contributed by atoms with van der Waals surface area (Å²) in [7, 11) is -0.662. The van der Waals surface area contributed by atoms with Gasteiger partial charge in [0.1, 0.15) is 30.4 Å². The highest BCUT2D eigenvalue weighted by molar-refractivity contribution is 7.85. The number of carbonyl (C=O) groups excluding carboxylic acids is 1. The molecular weight excluding hydrogens is 392 g/mol. The van der Waals surface area contributed by atoms with Crippen LogP contribution >= 0.6 is 0 Å². The van der Waals surface area contributed by atoms with Crippen LogP contribution in [-0.4, -0.2) is 67.0 Å². The van der Waals surface area contributed by atoms with Crippen molar-refractivity contribution in [1.29, 1.82) is 0 Å². The van der Waals surface area contributed by atoms with E-state index in [9.17, 15) is 18.3 Å². The van der Waals surface area contributed by atoms with Crippen molar-refractivity contribution in [2.24, 2.45) is 5.73 Å². The first-order valence-corrected chi connectivity index (χ1v) is 12.8. The Bertz CT molecular complexity index is 537. The van der Waals surface area contributed by atoms with Crippen LogP contribution in [0, 0.1) is 0 Å². The molecule has 0 radical (unpaired) electrons. The fraction of sp³-hybridized carbons (Fsp3) is 0.952. The Morgan fingerprint density at radius 3 is 1.90 bits per heavy atom. The van der Waals surface area contributed by atoms with Crippen molar-refractivity contribution in [3.05, 3.63) is 0 Å². The zero-order valence-corrected chi connectivity index (χ0v) is 19.6. The Labute approximate surface area is 178 Å². The second-order valence-electron chi connectivity index (χ2n) is 8.94. The fourth-order valence-electron chi connectivity index (χ4n) is 3.57. The van der Waals surface area contributed by atoms with E-state index in [1.165, 1.54) is 51.4 Å². The third-order valence-electron chi connectivity index (χ3n) is 5.51. The van der Waals surface area contributed by atoms with E-state index in [0.29, 0.717) is 19.3 Å². The molecule has 0 saturated heterocycles. The number of ketones is 1. The first-order chi connectivity index (χ1) is 13.5. The van der Waals surface area contributed by atoms with Crippen LogP contribution in [0.15, 0.2) is 0 Å². The van der Waals surface area contributed by atoms with Crippen LogP contribution in [0.25, 0.3) is 0 Å². The van der Waals surface area contributed by atoms with Gasteiger partial charge < -0.3 is 9.59 Å². The van der Waals surface area contributed by atoms with E-state index < -0.39 is 22.0 Å². The van der Waals surface area contributed by atoms with Crippen molar-refractivity contribution in [3.8, 4) is 0 Å². The molecule has 0 fully saturated rings. The molecule has 7 nitrogen and oxygen atoms in total. The molecule has 0 aliphatic heterocycles. The molecule has 0 bridgehead atoms. The van der Waals surface area contributed by atoms with Gasteiger partial charge in [-0.15, -0.1) is 0 Å². The normalized spacial score (nSPS) is 14.7. The lowest BCUT2D eigenvalue weighted by molar-refractivity contribution is -0.917. The average molecular weight is 438 g/mol. The van der Waals surface area contributed by atoms with Gasteiger partial charge in [-0.05, 0) is 6.42 Å². The maximum absolute atomic E-state index is 12.1. The maximum atomic E-state index is 12.1. The zero-order chi connectivity index (χ0) is 22.3. The predicted molar refractivity (Wildman–Crippen MR) is 118 cm³/mol. The third-order valence-corrected chi connectivity index (χ3v) is 6.32. The van der Waals surface area contributed by atoms with Gasteiger partial charge in [0.15, 0.2) is 0 Å². The molecule has 8 heteroatoms. The Morgan fingerprint density at radius 1 is 0.931 bits per heavy atom. The highest BCUT2D eigenvalue weighted by Gasteiger charge is 2.30. The molecule has 0 heterocycles. The minimum Gasteiger partial charge on any atom is -0.386 e. The van der Waals surface area contributed by atoms with E-state index >= 15 is 0 Å². The second-order valence-corrected chi connectivity index (χ2v) is 10.4. The van der Waals surface area contributed by atoms with Crippen molar-refractivity contribution in [1.82, 2.24) is 0 Å². The number of hydrogen-bond acceptors (Lipinski definition) is 5. The molecule has 0 aromatic carbocycles. The number of Topliss-reactive ketones (excluding diaryl/α,β-unsaturated/α-hetero) is 1.